The number of unbranched alkanes of at least 4 members (excludes halogenated alkanes) is 1. The fraction of sp³-hybridized carbons (Fsp3) is 0.520. The van der Waals surface area contributed by atoms with Crippen LogP contribution in [0.25, 0.3) is 10.1 Å². The predicted molar refractivity (Wildman–Crippen MR) is 123 cm³/mol. The van der Waals surface area contributed by atoms with Crippen LogP contribution in [0.15, 0.2) is 35.7 Å². The number of hydrogen-bond acceptors (Lipinski definition) is 4. The van der Waals surface area contributed by atoms with Gasteiger partial charge in [0.2, 0.25) is 0 Å². The minimum atomic E-state index is -0.750. The van der Waals surface area contributed by atoms with Crippen LogP contribution in [0.4, 0.5) is 0 Å². The number of carbonyl (C=O) groups excluding carboxylic acids is 1. The number of fused-ring (bicyclic) bond motifs is 3. The summed E-state index contributed by atoms with van der Waals surface area (Å²) in [5, 5.41) is 24.6. The SMILES string of the molecule is CC1(C)[C@@H]2C[C@H](NC(=O)c3csc4ccc(O)cc34)[C@H](CC=CCCCC(=O)O)[C@H]1C2. The fourth-order valence-electron chi connectivity index (χ4n) is 5.62. The molecule has 0 unspecified atom stereocenters. The van der Waals surface area contributed by atoms with Gasteiger partial charge in [0.15, 0.2) is 0 Å². The second-order valence-electron chi connectivity index (χ2n) is 9.66. The third kappa shape index (κ3) is 4.36. The molecule has 0 aliphatic heterocycles. The molecule has 0 saturated heterocycles. The van der Waals surface area contributed by atoms with Gasteiger partial charge < -0.3 is 15.5 Å². The van der Waals surface area contributed by atoms with E-state index in [1.807, 2.05) is 11.4 Å². The van der Waals surface area contributed by atoms with Gasteiger partial charge in [0.25, 0.3) is 5.91 Å². The van der Waals surface area contributed by atoms with Gasteiger partial charge in [0, 0.05) is 27.9 Å². The number of phenolic OH excluding ortho intramolecular Hbond substituents is 1. The molecule has 1 amide bonds. The number of rotatable bonds is 8. The summed E-state index contributed by atoms with van der Waals surface area (Å²) in [7, 11) is 0. The fourth-order valence-corrected chi connectivity index (χ4v) is 6.54. The van der Waals surface area contributed by atoms with E-state index in [9.17, 15) is 14.7 Å². The highest BCUT2D eigenvalue weighted by atomic mass is 32.1. The highest BCUT2D eigenvalue weighted by Crippen LogP contribution is 2.62. The average Bonchev–Trinajstić information content (AvgIpc) is 3.13. The van der Waals surface area contributed by atoms with Crippen molar-refractivity contribution in [1.29, 1.82) is 0 Å². The molecule has 0 spiro atoms. The number of nitrogens with one attached hydrogen (secondary N) is 1. The topological polar surface area (TPSA) is 86.6 Å². The zero-order chi connectivity index (χ0) is 22.2. The average molecular weight is 442 g/mol. The van der Waals surface area contributed by atoms with E-state index >= 15 is 0 Å². The summed E-state index contributed by atoms with van der Waals surface area (Å²) < 4.78 is 0.997. The van der Waals surface area contributed by atoms with Crippen LogP contribution in [-0.4, -0.2) is 28.1 Å². The normalized spacial score (nSPS) is 26.6. The maximum absolute atomic E-state index is 13.1. The Hall–Kier alpha value is -2.34. The minimum absolute atomic E-state index is 0.0589. The van der Waals surface area contributed by atoms with Crippen LogP contribution < -0.4 is 5.32 Å². The minimum Gasteiger partial charge on any atom is -0.508 e. The smallest absolute Gasteiger partial charge is 0.303 e. The Bertz CT molecular complexity index is 1010. The quantitative estimate of drug-likeness (QED) is 0.368. The lowest BCUT2D eigenvalue weighted by molar-refractivity contribution is -0.137. The highest BCUT2D eigenvalue weighted by molar-refractivity contribution is 7.17. The zero-order valence-corrected chi connectivity index (χ0v) is 19.0. The number of carboxylic acids is 1. The van der Waals surface area contributed by atoms with Gasteiger partial charge in [-0.15, -0.1) is 11.3 Å². The molecule has 1 aromatic carbocycles. The van der Waals surface area contributed by atoms with Gasteiger partial charge in [-0.1, -0.05) is 26.0 Å². The first-order chi connectivity index (χ1) is 14.8. The molecule has 3 fully saturated rings. The van der Waals surface area contributed by atoms with Crippen LogP contribution in [0.2, 0.25) is 0 Å². The van der Waals surface area contributed by atoms with E-state index in [1.54, 1.807) is 12.1 Å². The molecule has 3 aliphatic rings. The molecule has 6 heteroatoms. The van der Waals surface area contributed by atoms with Crippen molar-refractivity contribution in [3.8, 4) is 5.75 Å². The lowest BCUT2D eigenvalue weighted by Gasteiger charge is -2.62. The molecule has 3 aliphatic carbocycles. The third-order valence-electron chi connectivity index (χ3n) is 7.57. The number of allylic oxidation sites excluding steroid dienone is 2. The summed E-state index contributed by atoms with van der Waals surface area (Å²) >= 11 is 1.52. The van der Waals surface area contributed by atoms with Crippen LogP contribution in [0.1, 0.15) is 62.7 Å². The van der Waals surface area contributed by atoms with Crippen LogP contribution in [-0.2, 0) is 4.79 Å². The number of phenols is 1. The first-order valence-corrected chi connectivity index (χ1v) is 12.0. The van der Waals surface area contributed by atoms with Crippen molar-refractivity contribution in [2.24, 2.45) is 23.2 Å². The van der Waals surface area contributed by atoms with E-state index in [-0.39, 0.29) is 24.1 Å². The third-order valence-corrected chi connectivity index (χ3v) is 8.54. The molecule has 1 heterocycles. The van der Waals surface area contributed by atoms with Crippen LogP contribution in [0.3, 0.4) is 0 Å². The lowest BCUT2D eigenvalue weighted by atomic mass is 9.44. The Balaban J connectivity index is 1.45. The number of amides is 1. The Labute approximate surface area is 187 Å². The molecule has 0 radical (unpaired) electrons. The van der Waals surface area contributed by atoms with E-state index in [1.165, 1.54) is 17.8 Å². The standard InChI is InChI=1S/C25H31NO4S/c1-25(2)15-11-20(25)17(7-5-3-4-6-8-23(28)29)21(12-15)26-24(30)19-14-31-22-10-9-16(27)13-18(19)22/h3,5,9-10,13-15,17,20-21,27H,4,6-8,11-12H2,1-2H3,(H,26,30)(H,28,29)/t15-,17+,20+,21-/m0/s1. The van der Waals surface area contributed by atoms with Gasteiger partial charge in [-0.3, -0.25) is 9.59 Å². The second kappa shape index (κ2) is 8.65. The molecular formula is C25H31NO4S. The molecule has 4 atom stereocenters. The van der Waals surface area contributed by atoms with Crippen molar-refractivity contribution in [3.63, 3.8) is 0 Å². The molecule has 2 aromatic rings. The Morgan fingerprint density at radius 1 is 1.26 bits per heavy atom. The molecule has 1 aromatic heterocycles. The van der Waals surface area contributed by atoms with Crippen molar-refractivity contribution in [2.45, 2.75) is 58.4 Å². The van der Waals surface area contributed by atoms with E-state index < -0.39 is 5.97 Å². The summed E-state index contributed by atoms with van der Waals surface area (Å²) in [5.74, 6) is 0.978. The van der Waals surface area contributed by atoms with Crippen molar-refractivity contribution < 1.29 is 19.8 Å². The summed E-state index contributed by atoms with van der Waals surface area (Å²) in [6.45, 7) is 4.70. The number of carbonyl (C=O) groups is 2. The maximum Gasteiger partial charge on any atom is 0.303 e. The number of aliphatic carboxylic acids is 1. The number of carboxylic acid groups (broad SMARTS) is 1. The van der Waals surface area contributed by atoms with E-state index in [4.69, 9.17) is 5.11 Å². The van der Waals surface area contributed by atoms with Crippen molar-refractivity contribution >= 4 is 33.3 Å². The van der Waals surface area contributed by atoms with E-state index in [2.05, 4.69) is 31.3 Å². The van der Waals surface area contributed by atoms with Gasteiger partial charge in [0.1, 0.15) is 5.75 Å². The zero-order valence-electron chi connectivity index (χ0n) is 18.1. The molecule has 3 saturated carbocycles. The molecule has 31 heavy (non-hydrogen) atoms. The predicted octanol–water partition coefficient (Wildman–Crippen LogP) is 5.59. The van der Waals surface area contributed by atoms with Crippen molar-refractivity contribution in [3.05, 3.63) is 41.3 Å². The van der Waals surface area contributed by atoms with Crippen LogP contribution >= 0.6 is 11.3 Å². The van der Waals surface area contributed by atoms with Crippen molar-refractivity contribution in [2.75, 3.05) is 0 Å². The number of thiophene rings is 1. The van der Waals surface area contributed by atoms with Crippen molar-refractivity contribution in [1.82, 2.24) is 5.32 Å². The first-order valence-electron chi connectivity index (χ1n) is 11.1. The number of aromatic hydroxyl groups is 1. The Morgan fingerprint density at radius 3 is 2.81 bits per heavy atom. The van der Waals surface area contributed by atoms with Crippen LogP contribution in [0, 0.1) is 23.2 Å². The lowest BCUT2D eigenvalue weighted by Crippen LogP contribution is -2.61. The Kier molecular flexibility index (Phi) is 6.11. The second-order valence-corrected chi connectivity index (χ2v) is 10.6. The van der Waals surface area contributed by atoms with Crippen LogP contribution in [0.5, 0.6) is 5.75 Å². The van der Waals surface area contributed by atoms with Gasteiger partial charge in [0.05, 0.1) is 5.56 Å². The first kappa shape index (κ1) is 21.9. The van der Waals surface area contributed by atoms with Gasteiger partial charge in [-0.05, 0) is 73.5 Å². The van der Waals surface area contributed by atoms with E-state index in [0.717, 1.165) is 29.3 Å². The molecular weight excluding hydrogens is 410 g/mol. The largest absolute Gasteiger partial charge is 0.508 e. The molecule has 2 bridgehead atoms. The molecule has 5 nitrogen and oxygen atoms in total. The van der Waals surface area contributed by atoms with Gasteiger partial charge in [-0.25, -0.2) is 0 Å². The summed E-state index contributed by atoms with van der Waals surface area (Å²) in [4.78, 5) is 23.8. The summed E-state index contributed by atoms with van der Waals surface area (Å²) in [6, 6.07) is 5.30. The van der Waals surface area contributed by atoms with Gasteiger partial charge in [-0.2, -0.15) is 0 Å². The summed E-state index contributed by atoms with van der Waals surface area (Å²) in [5.41, 5.74) is 0.946. The summed E-state index contributed by atoms with van der Waals surface area (Å²) in [6.07, 6.45) is 9.04. The molecule has 5 rings (SSSR count). The molecule has 166 valence electrons. The highest BCUT2D eigenvalue weighted by Gasteiger charge is 2.57. The number of hydrogen-bond donors (Lipinski definition) is 3. The molecule has 3 N–H and O–H groups in total. The monoisotopic (exact) mass is 441 g/mol. The Morgan fingerprint density at radius 2 is 2.06 bits per heavy atom. The maximum atomic E-state index is 13.1. The van der Waals surface area contributed by atoms with E-state index in [0.29, 0.717) is 35.2 Å². The van der Waals surface area contributed by atoms with Gasteiger partial charge >= 0.3 is 5.97 Å². The number of benzene rings is 1.